The fourth-order valence-electron chi connectivity index (χ4n) is 2.93. The summed E-state index contributed by atoms with van der Waals surface area (Å²) in [6, 6.07) is 2.00. The van der Waals surface area contributed by atoms with Gasteiger partial charge in [-0.25, -0.2) is 9.19 Å². The number of rotatable bonds is 5. The van der Waals surface area contributed by atoms with Crippen LogP contribution in [0.1, 0.15) is 39.9 Å². The van der Waals surface area contributed by atoms with Crippen LogP contribution in [0.15, 0.2) is 22.8 Å². The SMILES string of the molecule is CC.CCCc1nccn1-c1nc(N=S(C)(C)=O)cc(N2CCOC[C@H]2C)n1. The van der Waals surface area contributed by atoms with Gasteiger partial charge in [0.15, 0.2) is 5.82 Å². The third-order valence-corrected chi connectivity index (χ3v) is 4.70. The van der Waals surface area contributed by atoms with Crippen LogP contribution in [-0.4, -0.2) is 62.0 Å². The van der Waals surface area contributed by atoms with Crippen LogP contribution < -0.4 is 4.90 Å². The number of aryl methyl sites for hydroxylation is 1. The van der Waals surface area contributed by atoms with Gasteiger partial charge >= 0.3 is 0 Å². The van der Waals surface area contributed by atoms with Crippen molar-refractivity contribution in [1.82, 2.24) is 19.5 Å². The number of ether oxygens (including phenoxy) is 1. The molecule has 0 saturated carbocycles. The number of morpholine rings is 1. The van der Waals surface area contributed by atoms with Crippen LogP contribution in [0.5, 0.6) is 0 Å². The molecular weight excluding hydrogens is 376 g/mol. The monoisotopic (exact) mass is 408 g/mol. The zero-order valence-corrected chi connectivity index (χ0v) is 18.6. The Labute approximate surface area is 168 Å². The first-order chi connectivity index (χ1) is 13.4. The Balaban J connectivity index is 0.00000136. The van der Waals surface area contributed by atoms with Crippen molar-refractivity contribution < 1.29 is 8.95 Å². The molecular formula is C19H32N6O2S. The van der Waals surface area contributed by atoms with Gasteiger partial charge in [-0.15, -0.1) is 0 Å². The van der Waals surface area contributed by atoms with Gasteiger partial charge in [0.25, 0.3) is 0 Å². The second kappa shape index (κ2) is 9.97. The molecule has 0 aliphatic carbocycles. The molecule has 2 aromatic rings. The van der Waals surface area contributed by atoms with Crippen molar-refractivity contribution in [2.45, 2.75) is 46.6 Å². The van der Waals surface area contributed by atoms with E-state index < -0.39 is 9.73 Å². The molecule has 1 aliphatic heterocycles. The van der Waals surface area contributed by atoms with E-state index in [-0.39, 0.29) is 6.04 Å². The molecule has 3 rings (SSSR count). The van der Waals surface area contributed by atoms with Crippen molar-refractivity contribution in [3.63, 3.8) is 0 Å². The molecule has 8 nitrogen and oxygen atoms in total. The first kappa shape index (κ1) is 22.3. The molecule has 0 spiro atoms. The average Bonchev–Trinajstić information content (AvgIpc) is 3.11. The highest BCUT2D eigenvalue weighted by atomic mass is 32.2. The molecule has 0 bridgehead atoms. The zero-order chi connectivity index (χ0) is 20.7. The molecule has 1 aliphatic rings. The normalized spacial score (nSPS) is 17.1. The van der Waals surface area contributed by atoms with Gasteiger partial charge in [-0.3, -0.25) is 4.57 Å². The molecule has 28 heavy (non-hydrogen) atoms. The average molecular weight is 409 g/mol. The molecule has 1 fully saturated rings. The predicted molar refractivity (Wildman–Crippen MR) is 114 cm³/mol. The second-order valence-electron chi connectivity index (χ2n) is 6.74. The van der Waals surface area contributed by atoms with Crippen molar-refractivity contribution in [1.29, 1.82) is 0 Å². The van der Waals surface area contributed by atoms with Gasteiger partial charge in [-0.05, 0) is 13.3 Å². The summed E-state index contributed by atoms with van der Waals surface area (Å²) in [5.41, 5.74) is 0. The van der Waals surface area contributed by atoms with Crippen molar-refractivity contribution in [3.05, 3.63) is 24.3 Å². The van der Waals surface area contributed by atoms with Crippen molar-refractivity contribution >= 4 is 21.4 Å². The fourth-order valence-corrected chi connectivity index (χ4v) is 3.47. The van der Waals surface area contributed by atoms with E-state index in [1.165, 1.54) is 0 Å². The standard InChI is InChI=1S/C17H26N6O2S.C2H6/c1-5-6-15-18-7-8-23(15)17-19-14(21-26(3,4)24)11-16(20-17)22-9-10-25-12-13(22)2;1-2/h7-8,11,13H,5-6,9-10,12H2,1-4H3;1-2H3/t13-;/m1./s1. The van der Waals surface area contributed by atoms with E-state index in [0.717, 1.165) is 31.0 Å². The lowest BCUT2D eigenvalue weighted by Gasteiger charge is -2.34. The maximum atomic E-state index is 12.2. The quantitative estimate of drug-likeness (QED) is 0.755. The third-order valence-electron chi connectivity index (χ3n) is 4.07. The largest absolute Gasteiger partial charge is 0.377 e. The smallest absolute Gasteiger partial charge is 0.239 e. The molecule has 1 saturated heterocycles. The molecule has 0 unspecified atom stereocenters. The number of anilines is 1. The van der Waals surface area contributed by atoms with Gasteiger partial charge in [-0.1, -0.05) is 20.8 Å². The summed E-state index contributed by atoms with van der Waals surface area (Å²) in [5.74, 6) is 2.60. The van der Waals surface area contributed by atoms with Crippen LogP contribution in [0.25, 0.3) is 5.95 Å². The first-order valence-corrected chi connectivity index (χ1v) is 12.1. The number of nitrogens with zero attached hydrogens (tertiary/aromatic N) is 6. The minimum Gasteiger partial charge on any atom is -0.377 e. The van der Waals surface area contributed by atoms with E-state index in [1.54, 1.807) is 24.8 Å². The van der Waals surface area contributed by atoms with Crippen LogP contribution in [0.4, 0.5) is 11.6 Å². The first-order valence-electron chi connectivity index (χ1n) is 9.80. The summed E-state index contributed by atoms with van der Waals surface area (Å²) in [5, 5.41) is 0. The van der Waals surface area contributed by atoms with Gasteiger partial charge in [0, 0.05) is 53.7 Å². The minimum absolute atomic E-state index is 0.199. The number of imidazole rings is 1. The Morgan fingerprint density at radius 1 is 1.32 bits per heavy atom. The molecule has 3 heterocycles. The van der Waals surface area contributed by atoms with E-state index in [2.05, 4.69) is 33.1 Å². The van der Waals surface area contributed by atoms with Crippen molar-refractivity contribution in [2.24, 2.45) is 4.36 Å². The highest BCUT2D eigenvalue weighted by Crippen LogP contribution is 2.24. The van der Waals surface area contributed by atoms with E-state index in [4.69, 9.17) is 9.72 Å². The lowest BCUT2D eigenvalue weighted by molar-refractivity contribution is 0.0985. The number of aromatic nitrogens is 4. The van der Waals surface area contributed by atoms with Crippen LogP contribution in [-0.2, 0) is 20.9 Å². The summed E-state index contributed by atoms with van der Waals surface area (Å²) < 4.78 is 23.9. The maximum Gasteiger partial charge on any atom is 0.239 e. The van der Waals surface area contributed by atoms with Crippen molar-refractivity contribution in [2.75, 3.05) is 37.2 Å². The van der Waals surface area contributed by atoms with Crippen LogP contribution in [0.2, 0.25) is 0 Å². The Bertz CT molecular complexity index is 880. The van der Waals surface area contributed by atoms with Crippen LogP contribution in [0.3, 0.4) is 0 Å². The van der Waals surface area contributed by atoms with E-state index in [9.17, 15) is 4.21 Å². The van der Waals surface area contributed by atoms with Crippen LogP contribution in [0, 0.1) is 0 Å². The third kappa shape index (κ3) is 5.75. The van der Waals surface area contributed by atoms with E-state index >= 15 is 0 Å². The summed E-state index contributed by atoms with van der Waals surface area (Å²) >= 11 is 0. The topological polar surface area (TPSA) is 85.5 Å². The maximum absolute atomic E-state index is 12.2. The lowest BCUT2D eigenvalue weighted by Crippen LogP contribution is -2.44. The molecule has 0 radical (unpaired) electrons. The van der Waals surface area contributed by atoms with Gasteiger partial charge < -0.3 is 9.64 Å². The lowest BCUT2D eigenvalue weighted by atomic mass is 10.2. The van der Waals surface area contributed by atoms with E-state index in [1.807, 2.05) is 24.6 Å². The van der Waals surface area contributed by atoms with Gasteiger partial charge in [-0.2, -0.15) is 14.3 Å². The molecule has 156 valence electrons. The summed E-state index contributed by atoms with van der Waals surface area (Å²) in [4.78, 5) is 15.9. The summed E-state index contributed by atoms with van der Waals surface area (Å²) in [6.07, 6.45) is 8.62. The Morgan fingerprint density at radius 2 is 2.07 bits per heavy atom. The molecule has 1 atom stereocenters. The molecule has 0 amide bonds. The minimum atomic E-state index is -2.33. The Morgan fingerprint density at radius 3 is 2.71 bits per heavy atom. The van der Waals surface area contributed by atoms with Gasteiger partial charge in [0.05, 0.1) is 19.3 Å². The van der Waals surface area contributed by atoms with Gasteiger partial charge in [0.1, 0.15) is 11.6 Å². The predicted octanol–water partition coefficient (Wildman–Crippen LogP) is 3.23. The zero-order valence-electron chi connectivity index (χ0n) is 17.8. The highest BCUT2D eigenvalue weighted by Gasteiger charge is 2.22. The summed E-state index contributed by atoms with van der Waals surface area (Å²) in [7, 11) is -2.33. The molecule has 0 N–H and O–H groups in total. The van der Waals surface area contributed by atoms with Gasteiger partial charge in [0.2, 0.25) is 5.95 Å². The second-order valence-corrected chi connectivity index (χ2v) is 9.28. The molecule has 9 heteroatoms. The van der Waals surface area contributed by atoms with E-state index in [0.29, 0.717) is 25.0 Å². The fraction of sp³-hybridized carbons (Fsp3) is 0.632. The van der Waals surface area contributed by atoms with Crippen molar-refractivity contribution in [3.8, 4) is 5.95 Å². The number of hydrogen-bond donors (Lipinski definition) is 0. The Hall–Kier alpha value is -2.00. The van der Waals surface area contributed by atoms with Crippen LogP contribution >= 0.6 is 0 Å². The number of hydrogen-bond acceptors (Lipinski definition) is 7. The molecule has 0 aromatic carbocycles. The summed E-state index contributed by atoms with van der Waals surface area (Å²) in [6.45, 7) is 10.3. The Kier molecular flexibility index (Phi) is 7.94. The molecule has 2 aromatic heterocycles. The highest BCUT2D eigenvalue weighted by molar-refractivity contribution is 7.92.